The lowest BCUT2D eigenvalue weighted by atomic mass is 9.88. The Labute approximate surface area is 157 Å². The van der Waals surface area contributed by atoms with Crippen LogP contribution in [0.4, 0.5) is 0 Å². The Morgan fingerprint density at radius 3 is 2.44 bits per heavy atom. The Hall–Kier alpha value is -2.70. The zero-order chi connectivity index (χ0) is 19.4. The molecule has 1 amide bonds. The topological polar surface area (TPSA) is 94.2 Å². The van der Waals surface area contributed by atoms with E-state index in [1.165, 1.54) is 0 Å². The Kier molecular flexibility index (Phi) is 5.88. The predicted molar refractivity (Wildman–Crippen MR) is 99.8 cm³/mol. The third-order valence-electron chi connectivity index (χ3n) is 4.98. The Morgan fingerprint density at radius 1 is 1.15 bits per heavy atom. The molecule has 144 valence electrons. The molecule has 1 heterocycles. The van der Waals surface area contributed by atoms with Crippen LogP contribution in [0.1, 0.15) is 56.6 Å². The van der Waals surface area contributed by atoms with Gasteiger partial charge in [0.2, 0.25) is 11.7 Å². The summed E-state index contributed by atoms with van der Waals surface area (Å²) in [7, 11) is 0. The average Bonchev–Trinajstić information content (AvgIpc) is 3.08. The summed E-state index contributed by atoms with van der Waals surface area (Å²) < 4.78 is 6.13. The molecule has 1 aromatic heterocycles. The molecule has 0 saturated heterocycles. The number of ketones is 1. The summed E-state index contributed by atoms with van der Waals surface area (Å²) in [4.78, 5) is 37.5. The van der Waals surface area contributed by atoms with Gasteiger partial charge in [-0.25, -0.2) is 4.79 Å². The zero-order valence-corrected chi connectivity index (χ0v) is 15.7. The van der Waals surface area contributed by atoms with E-state index in [1.54, 1.807) is 24.3 Å². The van der Waals surface area contributed by atoms with Crippen molar-refractivity contribution in [3.63, 3.8) is 0 Å². The number of benzene rings is 1. The van der Waals surface area contributed by atoms with Gasteiger partial charge in [0.05, 0.1) is 11.7 Å². The summed E-state index contributed by atoms with van der Waals surface area (Å²) >= 11 is 0. The van der Waals surface area contributed by atoms with Crippen LogP contribution in [0.15, 0.2) is 39.5 Å². The first-order chi connectivity index (χ1) is 13.0. The first-order valence-corrected chi connectivity index (χ1v) is 9.47. The number of amides is 1. The minimum atomic E-state index is -0.776. The number of para-hydroxylation sites is 1. The van der Waals surface area contributed by atoms with Crippen LogP contribution in [0.2, 0.25) is 0 Å². The molecule has 7 heteroatoms. The first-order valence-electron chi connectivity index (χ1n) is 9.47. The number of nitrogens with one attached hydrogen (secondary N) is 1. The van der Waals surface area contributed by atoms with Gasteiger partial charge in [-0.2, -0.15) is 4.68 Å². The minimum Gasteiger partial charge on any atom is -0.384 e. The van der Waals surface area contributed by atoms with E-state index in [-0.39, 0.29) is 23.6 Å². The second-order valence-corrected chi connectivity index (χ2v) is 7.35. The SMILES string of the molecule is CC(C)[C@H](NC(=O)C1CCCCC1)C(=O)c1nn(-c2ccccc2)c(=O)o1. The van der Waals surface area contributed by atoms with Crippen molar-refractivity contribution in [3.05, 3.63) is 46.8 Å². The lowest BCUT2D eigenvalue weighted by Gasteiger charge is -2.25. The molecule has 0 bridgehead atoms. The van der Waals surface area contributed by atoms with E-state index in [0.717, 1.165) is 36.8 Å². The molecule has 1 aromatic carbocycles. The molecule has 0 unspecified atom stereocenters. The maximum absolute atomic E-state index is 12.9. The number of aromatic nitrogens is 2. The summed E-state index contributed by atoms with van der Waals surface area (Å²) in [6.45, 7) is 3.69. The van der Waals surface area contributed by atoms with Gasteiger partial charge in [0, 0.05) is 5.92 Å². The molecule has 1 atom stereocenters. The summed E-state index contributed by atoms with van der Waals surface area (Å²) in [6, 6.07) is 7.96. The van der Waals surface area contributed by atoms with Crippen molar-refractivity contribution in [1.82, 2.24) is 15.1 Å². The van der Waals surface area contributed by atoms with E-state index in [2.05, 4.69) is 10.4 Å². The molecule has 0 radical (unpaired) electrons. The van der Waals surface area contributed by atoms with E-state index < -0.39 is 17.6 Å². The van der Waals surface area contributed by atoms with Crippen LogP contribution < -0.4 is 11.1 Å². The maximum atomic E-state index is 12.9. The van der Waals surface area contributed by atoms with Gasteiger partial charge in [-0.3, -0.25) is 9.59 Å². The highest BCUT2D eigenvalue weighted by molar-refractivity contribution is 5.98. The van der Waals surface area contributed by atoms with E-state index in [0.29, 0.717) is 5.69 Å². The number of rotatable bonds is 6. The number of nitrogens with zero attached hydrogens (tertiary/aromatic N) is 2. The minimum absolute atomic E-state index is 0.0540. The summed E-state index contributed by atoms with van der Waals surface area (Å²) in [5.41, 5.74) is 0.512. The quantitative estimate of drug-likeness (QED) is 0.788. The highest BCUT2D eigenvalue weighted by Gasteiger charge is 2.32. The number of carbonyl (C=O) groups excluding carboxylic acids is 2. The standard InChI is InChI=1S/C20H25N3O4/c1-13(2)16(21-18(25)14-9-5-3-6-10-14)17(24)19-22-23(20(26)27-19)15-11-7-4-8-12-15/h4,7-8,11-14,16H,3,5-6,9-10H2,1-2H3,(H,21,25)/t16-/m0/s1. The van der Waals surface area contributed by atoms with Crippen LogP contribution in [0.5, 0.6) is 0 Å². The molecule has 1 fully saturated rings. The van der Waals surface area contributed by atoms with Crippen LogP contribution >= 0.6 is 0 Å². The van der Waals surface area contributed by atoms with Crippen molar-refractivity contribution >= 4 is 11.7 Å². The van der Waals surface area contributed by atoms with Crippen LogP contribution in [-0.4, -0.2) is 27.5 Å². The number of hydrogen-bond donors (Lipinski definition) is 1. The molecule has 27 heavy (non-hydrogen) atoms. The monoisotopic (exact) mass is 371 g/mol. The first kappa shape index (κ1) is 19.1. The molecule has 1 aliphatic carbocycles. The van der Waals surface area contributed by atoms with Gasteiger partial charge in [0.25, 0.3) is 5.89 Å². The molecule has 2 aromatic rings. The fourth-order valence-electron chi connectivity index (χ4n) is 3.41. The average molecular weight is 371 g/mol. The van der Waals surface area contributed by atoms with Crippen molar-refractivity contribution in [2.45, 2.75) is 52.0 Å². The smallest absolute Gasteiger partial charge is 0.384 e. The molecule has 0 aliphatic heterocycles. The van der Waals surface area contributed by atoms with Gasteiger partial charge < -0.3 is 9.73 Å². The lowest BCUT2D eigenvalue weighted by molar-refractivity contribution is -0.126. The highest BCUT2D eigenvalue weighted by atomic mass is 16.4. The molecule has 1 aliphatic rings. The Morgan fingerprint density at radius 2 is 1.81 bits per heavy atom. The Bertz CT molecular complexity index is 848. The number of Topliss-reactive ketones (excluding diaryl/α,β-unsaturated/α-hetero) is 1. The molecule has 1 N–H and O–H groups in total. The predicted octanol–water partition coefficient (Wildman–Crippen LogP) is 2.73. The van der Waals surface area contributed by atoms with Gasteiger partial charge in [0.1, 0.15) is 0 Å². The third kappa shape index (κ3) is 4.35. The van der Waals surface area contributed by atoms with Crippen LogP contribution in [0.3, 0.4) is 0 Å². The summed E-state index contributed by atoms with van der Waals surface area (Å²) in [5, 5.41) is 6.89. The normalized spacial score (nSPS) is 16.3. The number of hydrogen-bond acceptors (Lipinski definition) is 5. The molecule has 7 nitrogen and oxygen atoms in total. The molecule has 1 saturated carbocycles. The van der Waals surface area contributed by atoms with Gasteiger partial charge in [-0.05, 0) is 30.9 Å². The van der Waals surface area contributed by atoms with Crippen molar-refractivity contribution < 1.29 is 14.0 Å². The second-order valence-electron chi connectivity index (χ2n) is 7.35. The highest BCUT2D eigenvalue weighted by Crippen LogP contribution is 2.24. The van der Waals surface area contributed by atoms with Crippen LogP contribution in [0.25, 0.3) is 5.69 Å². The van der Waals surface area contributed by atoms with Crippen molar-refractivity contribution in [3.8, 4) is 5.69 Å². The fourth-order valence-corrected chi connectivity index (χ4v) is 3.41. The zero-order valence-electron chi connectivity index (χ0n) is 15.7. The van der Waals surface area contributed by atoms with Crippen molar-refractivity contribution in [2.24, 2.45) is 11.8 Å². The van der Waals surface area contributed by atoms with Crippen LogP contribution in [-0.2, 0) is 4.79 Å². The largest absolute Gasteiger partial charge is 0.442 e. The second kappa shape index (κ2) is 8.33. The Balaban J connectivity index is 1.79. The van der Waals surface area contributed by atoms with Gasteiger partial charge in [0.15, 0.2) is 0 Å². The maximum Gasteiger partial charge on any atom is 0.442 e. The third-order valence-corrected chi connectivity index (χ3v) is 4.98. The van der Waals surface area contributed by atoms with Crippen molar-refractivity contribution in [1.29, 1.82) is 0 Å². The van der Waals surface area contributed by atoms with E-state index in [1.807, 2.05) is 19.9 Å². The molecule has 3 rings (SSSR count). The molecule has 0 spiro atoms. The van der Waals surface area contributed by atoms with E-state index in [4.69, 9.17) is 4.42 Å². The number of carbonyl (C=O) groups is 2. The van der Waals surface area contributed by atoms with E-state index >= 15 is 0 Å². The van der Waals surface area contributed by atoms with Gasteiger partial charge >= 0.3 is 5.76 Å². The fraction of sp³-hybridized carbons (Fsp3) is 0.500. The van der Waals surface area contributed by atoms with Gasteiger partial charge in [-0.1, -0.05) is 51.3 Å². The molecular formula is C20H25N3O4. The van der Waals surface area contributed by atoms with Crippen LogP contribution in [0, 0.1) is 11.8 Å². The lowest BCUT2D eigenvalue weighted by Crippen LogP contribution is -2.47. The summed E-state index contributed by atoms with van der Waals surface area (Å²) in [5.74, 6) is -1.82. The van der Waals surface area contributed by atoms with Gasteiger partial charge in [-0.15, -0.1) is 5.10 Å². The summed E-state index contributed by atoms with van der Waals surface area (Å²) in [6.07, 6.45) is 4.92. The molecular weight excluding hydrogens is 346 g/mol. The van der Waals surface area contributed by atoms with E-state index in [9.17, 15) is 14.4 Å². The van der Waals surface area contributed by atoms with Crippen molar-refractivity contribution in [2.75, 3.05) is 0 Å².